The lowest BCUT2D eigenvalue weighted by Crippen LogP contribution is -1.92. The molecule has 1 aromatic carbocycles. The Hall–Kier alpha value is -2.96. The summed E-state index contributed by atoms with van der Waals surface area (Å²) in [6.07, 6.45) is 3.49. The molecule has 0 amide bonds. The predicted molar refractivity (Wildman–Crippen MR) is 73.8 cm³/mol. The van der Waals surface area contributed by atoms with Crippen molar-refractivity contribution in [1.29, 1.82) is 0 Å². The molecular formula is C14H10FN3O3. The minimum Gasteiger partial charge on any atom is -0.493 e. The fraction of sp³-hybridized carbons (Fsp3) is 0.0714. The summed E-state index contributed by atoms with van der Waals surface area (Å²) in [5.41, 5.74) is 0.981. The summed E-state index contributed by atoms with van der Waals surface area (Å²) >= 11 is 0. The summed E-state index contributed by atoms with van der Waals surface area (Å²) in [6.45, 7) is 0. The van der Waals surface area contributed by atoms with Crippen molar-refractivity contribution in [3.05, 3.63) is 58.7 Å². The van der Waals surface area contributed by atoms with E-state index in [0.29, 0.717) is 22.7 Å². The fourth-order valence-corrected chi connectivity index (χ4v) is 2.10. The molecule has 3 aromatic rings. The smallest absolute Gasteiger partial charge is 0.305 e. The highest BCUT2D eigenvalue weighted by atomic mass is 19.1. The maximum Gasteiger partial charge on any atom is 0.305 e. The van der Waals surface area contributed by atoms with Gasteiger partial charge < -0.3 is 9.14 Å². The molecule has 0 N–H and O–H groups in total. The van der Waals surface area contributed by atoms with Gasteiger partial charge in [-0.3, -0.25) is 10.1 Å². The average Bonchev–Trinajstić information content (AvgIpc) is 2.91. The molecule has 2 aromatic heterocycles. The Labute approximate surface area is 118 Å². The first-order valence-corrected chi connectivity index (χ1v) is 6.06. The maximum absolute atomic E-state index is 13.4. The molecule has 106 valence electrons. The van der Waals surface area contributed by atoms with Gasteiger partial charge >= 0.3 is 5.69 Å². The summed E-state index contributed by atoms with van der Waals surface area (Å²) < 4.78 is 20.3. The number of methoxy groups -OCH3 is 1. The van der Waals surface area contributed by atoms with E-state index in [1.807, 2.05) is 0 Å². The van der Waals surface area contributed by atoms with Crippen LogP contribution in [0, 0.1) is 15.9 Å². The van der Waals surface area contributed by atoms with Crippen molar-refractivity contribution in [2.45, 2.75) is 0 Å². The monoisotopic (exact) mass is 287 g/mol. The third kappa shape index (κ3) is 2.18. The maximum atomic E-state index is 13.4. The van der Waals surface area contributed by atoms with Crippen molar-refractivity contribution in [3.63, 3.8) is 0 Å². The summed E-state index contributed by atoms with van der Waals surface area (Å²) in [5, 5.41) is 10.8. The van der Waals surface area contributed by atoms with Crippen LogP contribution in [0.4, 0.5) is 10.1 Å². The topological polar surface area (TPSA) is 69.7 Å². The molecular weight excluding hydrogens is 277 g/mol. The van der Waals surface area contributed by atoms with E-state index < -0.39 is 16.4 Å². The second kappa shape index (κ2) is 4.86. The van der Waals surface area contributed by atoms with Gasteiger partial charge in [-0.2, -0.15) is 4.39 Å². The molecule has 0 aliphatic heterocycles. The van der Waals surface area contributed by atoms with E-state index >= 15 is 0 Å². The molecule has 3 rings (SSSR count). The quantitative estimate of drug-likeness (QED) is 0.548. The molecule has 2 heterocycles. The highest BCUT2D eigenvalue weighted by Gasteiger charge is 2.16. The number of pyridine rings is 1. The van der Waals surface area contributed by atoms with Gasteiger partial charge in [-0.15, -0.1) is 0 Å². The SMILES string of the molecule is COc1cccn2cc(-c3ccc(F)c([N+](=O)[O-])c3)nc12. The molecule has 0 radical (unpaired) electrons. The lowest BCUT2D eigenvalue weighted by Gasteiger charge is -1.99. The standard InChI is InChI=1S/C14H10FN3O3/c1-21-13-3-2-6-17-8-11(16-14(13)17)9-4-5-10(15)12(7-9)18(19)20/h2-8H,1H3. The van der Waals surface area contributed by atoms with Gasteiger partial charge in [0, 0.05) is 24.0 Å². The second-order valence-electron chi connectivity index (χ2n) is 4.36. The largest absolute Gasteiger partial charge is 0.493 e. The molecule has 0 saturated carbocycles. The van der Waals surface area contributed by atoms with E-state index in [9.17, 15) is 14.5 Å². The first-order valence-electron chi connectivity index (χ1n) is 6.06. The van der Waals surface area contributed by atoms with Crippen LogP contribution >= 0.6 is 0 Å². The van der Waals surface area contributed by atoms with Gasteiger partial charge in [0.15, 0.2) is 11.4 Å². The molecule has 0 aliphatic carbocycles. The zero-order chi connectivity index (χ0) is 15.0. The molecule has 7 heteroatoms. The van der Waals surface area contributed by atoms with Crippen molar-refractivity contribution in [1.82, 2.24) is 9.38 Å². The van der Waals surface area contributed by atoms with Crippen LogP contribution in [0.2, 0.25) is 0 Å². The molecule has 0 spiro atoms. The minimum absolute atomic E-state index is 0.467. The van der Waals surface area contributed by atoms with E-state index in [0.717, 1.165) is 6.07 Å². The predicted octanol–water partition coefficient (Wildman–Crippen LogP) is 3.06. The van der Waals surface area contributed by atoms with E-state index in [2.05, 4.69) is 4.98 Å². The number of rotatable bonds is 3. The van der Waals surface area contributed by atoms with Crippen molar-refractivity contribution in [2.24, 2.45) is 0 Å². The van der Waals surface area contributed by atoms with Gasteiger partial charge in [0.05, 0.1) is 17.7 Å². The zero-order valence-electron chi connectivity index (χ0n) is 11.0. The van der Waals surface area contributed by atoms with Crippen molar-refractivity contribution < 1.29 is 14.1 Å². The van der Waals surface area contributed by atoms with E-state index in [-0.39, 0.29) is 0 Å². The van der Waals surface area contributed by atoms with Crippen LogP contribution in [0.3, 0.4) is 0 Å². The highest BCUT2D eigenvalue weighted by molar-refractivity contribution is 5.67. The molecule has 0 saturated heterocycles. The summed E-state index contributed by atoms with van der Waals surface area (Å²) in [5.74, 6) is -0.287. The lowest BCUT2D eigenvalue weighted by molar-refractivity contribution is -0.387. The van der Waals surface area contributed by atoms with Crippen LogP contribution in [0.5, 0.6) is 5.75 Å². The van der Waals surface area contributed by atoms with Crippen LogP contribution in [0.15, 0.2) is 42.7 Å². The molecule has 0 fully saturated rings. The number of ether oxygens (including phenoxy) is 1. The number of hydrogen-bond donors (Lipinski definition) is 0. The van der Waals surface area contributed by atoms with Crippen molar-refractivity contribution in [3.8, 4) is 17.0 Å². The molecule has 0 aliphatic rings. The number of fused-ring (bicyclic) bond motifs is 1. The van der Waals surface area contributed by atoms with Crippen LogP contribution < -0.4 is 4.74 Å². The number of nitrogens with zero attached hydrogens (tertiary/aromatic N) is 3. The van der Waals surface area contributed by atoms with Crippen LogP contribution in [0.1, 0.15) is 0 Å². The number of benzene rings is 1. The fourth-order valence-electron chi connectivity index (χ4n) is 2.10. The number of aromatic nitrogens is 2. The van der Waals surface area contributed by atoms with E-state index in [4.69, 9.17) is 4.74 Å². The normalized spacial score (nSPS) is 10.8. The Morgan fingerprint density at radius 3 is 2.90 bits per heavy atom. The third-order valence-electron chi connectivity index (χ3n) is 3.11. The van der Waals surface area contributed by atoms with Gasteiger partial charge in [0.25, 0.3) is 0 Å². The van der Waals surface area contributed by atoms with Crippen LogP contribution in [0.25, 0.3) is 16.9 Å². The average molecular weight is 287 g/mol. The molecule has 6 nitrogen and oxygen atoms in total. The second-order valence-corrected chi connectivity index (χ2v) is 4.36. The molecule has 0 atom stereocenters. The van der Waals surface area contributed by atoms with Gasteiger partial charge in [-0.25, -0.2) is 4.98 Å². The van der Waals surface area contributed by atoms with Gasteiger partial charge in [-0.05, 0) is 24.3 Å². The Morgan fingerprint density at radius 2 is 2.19 bits per heavy atom. The van der Waals surface area contributed by atoms with E-state index in [1.54, 1.807) is 28.9 Å². The number of nitro groups is 1. The zero-order valence-corrected chi connectivity index (χ0v) is 11.0. The Kier molecular flexibility index (Phi) is 3.02. The third-order valence-corrected chi connectivity index (χ3v) is 3.11. The van der Waals surface area contributed by atoms with Crippen LogP contribution in [-0.2, 0) is 0 Å². The summed E-state index contributed by atoms with van der Waals surface area (Å²) in [7, 11) is 1.53. The summed E-state index contributed by atoms with van der Waals surface area (Å²) in [6, 6.07) is 7.25. The summed E-state index contributed by atoms with van der Waals surface area (Å²) in [4.78, 5) is 14.4. The first kappa shape index (κ1) is 13.0. The Bertz CT molecular complexity index is 845. The molecule has 0 bridgehead atoms. The van der Waals surface area contributed by atoms with E-state index in [1.165, 1.54) is 19.2 Å². The Morgan fingerprint density at radius 1 is 1.38 bits per heavy atom. The molecule has 0 unspecified atom stereocenters. The number of nitro benzene ring substituents is 1. The van der Waals surface area contributed by atoms with Crippen molar-refractivity contribution >= 4 is 11.3 Å². The number of halogens is 1. The first-order chi connectivity index (χ1) is 10.1. The van der Waals surface area contributed by atoms with Gasteiger partial charge in [0.1, 0.15) is 0 Å². The lowest BCUT2D eigenvalue weighted by atomic mass is 10.1. The number of imidazole rings is 1. The van der Waals surface area contributed by atoms with Crippen LogP contribution in [-0.4, -0.2) is 21.4 Å². The number of hydrogen-bond acceptors (Lipinski definition) is 4. The van der Waals surface area contributed by atoms with Gasteiger partial charge in [0.2, 0.25) is 5.82 Å². The minimum atomic E-state index is -0.870. The highest BCUT2D eigenvalue weighted by Crippen LogP contribution is 2.28. The van der Waals surface area contributed by atoms with Crippen molar-refractivity contribution in [2.75, 3.05) is 7.11 Å². The molecule has 21 heavy (non-hydrogen) atoms. The van der Waals surface area contributed by atoms with Gasteiger partial charge in [-0.1, -0.05) is 0 Å². The Balaban J connectivity index is 2.17.